The monoisotopic (exact) mass is 286 g/mol. The van der Waals surface area contributed by atoms with Crippen LogP contribution in [0.3, 0.4) is 0 Å². The Kier molecular flexibility index (Phi) is 4.27. The number of sulfonamides is 1. The smallest absolute Gasteiger partial charge is 0.260 e. The molecule has 0 amide bonds. The van der Waals surface area contributed by atoms with Crippen molar-refractivity contribution in [3.8, 4) is 0 Å². The van der Waals surface area contributed by atoms with Gasteiger partial charge in [0.25, 0.3) is 10.0 Å². The fourth-order valence-corrected chi connectivity index (χ4v) is 3.99. The maximum absolute atomic E-state index is 12.4. The topological polar surface area (TPSA) is 90.0 Å². The third kappa shape index (κ3) is 3.16. The summed E-state index contributed by atoms with van der Waals surface area (Å²) in [6.07, 6.45) is 7.87. The van der Waals surface area contributed by atoms with E-state index in [4.69, 9.17) is 5.73 Å². The molecular weight excluding hydrogens is 264 g/mol. The van der Waals surface area contributed by atoms with E-state index in [0.717, 1.165) is 32.1 Å². The van der Waals surface area contributed by atoms with Crippen molar-refractivity contribution >= 4 is 10.0 Å². The molecule has 0 aliphatic heterocycles. The van der Waals surface area contributed by atoms with Gasteiger partial charge in [-0.1, -0.05) is 19.3 Å². The van der Waals surface area contributed by atoms with Gasteiger partial charge < -0.3 is 10.3 Å². The first kappa shape index (κ1) is 14.5. The second-order valence-electron chi connectivity index (χ2n) is 5.19. The number of hydrogen-bond donors (Lipinski definition) is 2. The molecule has 0 radical (unpaired) electrons. The molecule has 1 aliphatic rings. The van der Waals surface area contributed by atoms with Gasteiger partial charge in [0.05, 0.1) is 6.33 Å². The summed E-state index contributed by atoms with van der Waals surface area (Å²) in [6, 6.07) is 0. The number of aryl methyl sites for hydroxylation is 1. The van der Waals surface area contributed by atoms with E-state index in [1.807, 2.05) is 6.92 Å². The third-order valence-electron chi connectivity index (χ3n) is 3.80. The molecule has 0 aromatic carbocycles. The van der Waals surface area contributed by atoms with Gasteiger partial charge in [-0.3, -0.25) is 0 Å². The fraction of sp³-hybridized carbons (Fsp3) is 0.750. The van der Waals surface area contributed by atoms with Crippen LogP contribution in [0.5, 0.6) is 0 Å². The molecule has 0 bridgehead atoms. The van der Waals surface area contributed by atoms with Crippen LogP contribution in [0.2, 0.25) is 0 Å². The molecule has 3 N–H and O–H groups in total. The Bertz CT molecular complexity index is 518. The minimum Gasteiger partial charge on any atom is -0.336 e. The summed E-state index contributed by atoms with van der Waals surface area (Å²) < 4.78 is 29.2. The first-order valence-electron chi connectivity index (χ1n) is 6.77. The van der Waals surface area contributed by atoms with E-state index in [-0.39, 0.29) is 5.03 Å². The zero-order chi connectivity index (χ0) is 13.9. The number of nitrogens with zero attached hydrogens (tertiary/aromatic N) is 2. The van der Waals surface area contributed by atoms with Crippen molar-refractivity contribution in [1.82, 2.24) is 14.3 Å². The van der Waals surface area contributed by atoms with Crippen molar-refractivity contribution in [2.45, 2.75) is 56.1 Å². The van der Waals surface area contributed by atoms with Gasteiger partial charge in [-0.05, 0) is 19.8 Å². The first-order valence-corrected chi connectivity index (χ1v) is 8.25. The zero-order valence-corrected chi connectivity index (χ0v) is 12.1. The van der Waals surface area contributed by atoms with E-state index in [9.17, 15) is 8.42 Å². The summed E-state index contributed by atoms with van der Waals surface area (Å²) in [7, 11) is -3.58. The first-order chi connectivity index (χ1) is 9.01. The number of imidazole rings is 1. The van der Waals surface area contributed by atoms with Crippen molar-refractivity contribution in [3.05, 3.63) is 12.5 Å². The predicted octanol–water partition coefficient (Wildman–Crippen LogP) is 0.843. The lowest BCUT2D eigenvalue weighted by molar-refractivity contribution is 0.276. The van der Waals surface area contributed by atoms with Gasteiger partial charge in [-0.2, -0.15) is 0 Å². The van der Waals surface area contributed by atoms with Crippen LogP contribution < -0.4 is 10.5 Å². The van der Waals surface area contributed by atoms with E-state index in [2.05, 4.69) is 9.71 Å². The van der Waals surface area contributed by atoms with E-state index in [1.54, 1.807) is 10.8 Å². The summed E-state index contributed by atoms with van der Waals surface area (Å²) in [5, 5.41) is 0.0766. The molecule has 0 saturated heterocycles. The highest BCUT2D eigenvalue weighted by atomic mass is 32.2. The van der Waals surface area contributed by atoms with Crippen LogP contribution in [-0.2, 0) is 16.6 Å². The van der Waals surface area contributed by atoms with Gasteiger partial charge in [0, 0.05) is 24.8 Å². The minimum atomic E-state index is -3.58. The molecule has 1 saturated carbocycles. The van der Waals surface area contributed by atoms with E-state index in [1.165, 1.54) is 6.33 Å². The van der Waals surface area contributed by atoms with E-state index in [0.29, 0.717) is 13.1 Å². The van der Waals surface area contributed by atoms with Crippen molar-refractivity contribution in [3.63, 3.8) is 0 Å². The Hall–Kier alpha value is -0.920. The van der Waals surface area contributed by atoms with Crippen molar-refractivity contribution < 1.29 is 8.42 Å². The molecule has 1 fully saturated rings. The quantitative estimate of drug-likeness (QED) is 0.839. The summed E-state index contributed by atoms with van der Waals surface area (Å²) in [5.41, 5.74) is 5.31. The minimum absolute atomic E-state index is 0.0766. The third-order valence-corrected chi connectivity index (χ3v) is 5.27. The maximum Gasteiger partial charge on any atom is 0.260 e. The molecule has 1 aliphatic carbocycles. The number of aromatic nitrogens is 2. The Morgan fingerprint density at radius 2 is 2.11 bits per heavy atom. The van der Waals surface area contributed by atoms with Gasteiger partial charge >= 0.3 is 0 Å². The van der Waals surface area contributed by atoms with Crippen LogP contribution in [0.25, 0.3) is 0 Å². The molecule has 0 spiro atoms. The summed E-state index contributed by atoms with van der Waals surface area (Å²) in [4.78, 5) is 3.96. The van der Waals surface area contributed by atoms with Crippen LogP contribution in [0.15, 0.2) is 17.6 Å². The maximum atomic E-state index is 12.4. The molecule has 7 heteroatoms. The van der Waals surface area contributed by atoms with Gasteiger partial charge in [-0.25, -0.2) is 18.1 Å². The SMILES string of the molecule is CCn1cnc(S(=O)(=O)NC2(CN)CCCCC2)c1. The standard InChI is InChI=1S/C12H22N4O2S/c1-2-16-8-11(14-10-16)19(17,18)15-12(9-13)6-4-3-5-7-12/h8,10,15H,2-7,9,13H2,1H3. The summed E-state index contributed by atoms with van der Waals surface area (Å²) in [6.45, 7) is 2.97. The lowest BCUT2D eigenvalue weighted by Crippen LogP contribution is -2.54. The molecule has 1 heterocycles. The molecular formula is C12H22N4O2S. The lowest BCUT2D eigenvalue weighted by atomic mass is 9.83. The second kappa shape index (κ2) is 5.60. The van der Waals surface area contributed by atoms with Crippen LogP contribution >= 0.6 is 0 Å². The van der Waals surface area contributed by atoms with Crippen LogP contribution in [-0.4, -0.2) is 30.1 Å². The Balaban J connectivity index is 2.19. The molecule has 6 nitrogen and oxygen atoms in total. The Morgan fingerprint density at radius 3 is 2.63 bits per heavy atom. The van der Waals surface area contributed by atoms with Gasteiger partial charge in [0.15, 0.2) is 5.03 Å². The number of hydrogen-bond acceptors (Lipinski definition) is 4. The van der Waals surface area contributed by atoms with Crippen molar-refractivity contribution in [2.24, 2.45) is 5.73 Å². The normalized spacial score (nSPS) is 19.5. The van der Waals surface area contributed by atoms with Gasteiger partial charge in [0.2, 0.25) is 0 Å². The van der Waals surface area contributed by atoms with Crippen LogP contribution in [0.1, 0.15) is 39.0 Å². The average molecular weight is 286 g/mol. The number of nitrogens with one attached hydrogen (secondary N) is 1. The van der Waals surface area contributed by atoms with Crippen molar-refractivity contribution in [2.75, 3.05) is 6.54 Å². The van der Waals surface area contributed by atoms with Gasteiger partial charge in [-0.15, -0.1) is 0 Å². The summed E-state index contributed by atoms with van der Waals surface area (Å²) >= 11 is 0. The van der Waals surface area contributed by atoms with Crippen LogP contribution in [0.4, 0.5) is 0 Å². The lowest BCUT2D eigenvalue weighted by Gasteiger charge is -2.36. The van der Waals surface area contributed by atoms with Crippen LogP contribution in [0, 0.1) is 0 Å². The number of nitrogens with two attached hydrogens (primary N) is 1. The number of rotatable bonds is 5. The molecule has 2 rings (SSSR count). The molecule has 0 atom stereocenters. The molecule has 19 heavy (non-hydrogen) atoms. The average Bonchev–Trinajstić information content (AvgIpc) is 2.89. The zero-order valence-electron chi connectivity index (χ0n) is 11.3. The Labute approximate surface area is 114 Å². The predicted molar refractivity (Wildman–Crippen MR) is 73.1 cm³/mol. The molecule has 1 aromatic heterocycles. The van der Waals surface area contributed by atoms with Crippen molar-refractivity contribution in [1.29, 1.82) is 0 Å². The largest absolute Gasteiger partial charge is 0.336 e. The highest BCUT2D eigenvalue weighted by Crippen LogP contribution is 2.28. The van der Waals surface area contributed by atoms with Gasteiger partial charge in [0.1, 0.15) is 0 Å². The molecule has 108 valence electrons. The van der Waals surface area contributed by atoms with E-state index < -0.39 is 15.6 Å². The molecule has 0 unspecified atom stereocenters. The highest BCUT2D eigenvalue weighted by molar-refractivity contribution is 7.89. The van der Waals surface area contributed by atoms with E-state index >= 15 is 0 Å². The second-order valence-corrected chi connectivity index (χ2v) is 6.82. The Morgan fingerprint density at radius 1 is 1.42 bits per heavy atom. The molecule has 1 aromatic rings. The summed E-state index contributed by atoms with van der Waals surface area (Å²) in [5.74, 6) is 0. The highest BCUT2D eigenvalue weighted by Gasteiger charge is 2.35. The fourth-order valence-electron chi connectivity index (χ4n) is 2.57.